The molecule has 1 aliphatic rings. The average molecular weight is 351 g/mol. The number of hydrogen-bond donors (Lipinski definition) is 1. The molecule has 2 heterocycles. The summed E-state index contributed by atoms with van der Waals surface area (Å²) in [5.74, 6) is 3.46. The molecule has 142 valence electrons. The lowest BCUT2D eigenvalue weighted by atomic mass is 10.1. The van der Waals surface area contributed by atoms with Crippen molar-refractivity contribution in [2.75, 3.05) is 46.3 Å². The molecule has 7 heteroatoms. The Morgan fingerprint density at radius 1 is 1.40 bits per heavy atom. The fourth-order valence-electron chi connectivity index (χ4n) is 3.24. The Hall–Kier alpha value is -1.63. The van der Waals surface area contributed by atoms with Crippen LogP contribution in [0.1, 0.15) is 51.7 Å². The van der Waals surface area contributed by atoms with Crippen molar-refractivity contribution in [3.05, 3.63) is 11.7 Å². The van der Waals surface area contributed by atoms with Gasteiger partial charge in [-0.3, -0.25) is 4.99 Å². The SMILES string of the molecule is CCN(CC)CC1CCN(C(=NC)NCCc2nc(C(C)C)no2)C1. The van der Waals surface area contributed by atoms with E-state index >= 15 is 0 Å². The van der Waals surface area contributed by atoms with Crippen LogP contribution >= 0.6 is 0 Å². The first kappa shape index (κ1) is 19.7. The van der Waals surface area contributed by atoms with Crippen LogP contribution in [0, 0.1) is 5.92 Å². The molecule has 0 radical (unpaired) electrons. The van der Waals surface area contributed by atoms with E-state index in [0.717, 1.165) is 56.8 Å². The first-order chi connectivity index (χ1) is 12.1. The third kappa shape index (κ3) is 5.70. The molecule has 0 aromatic carbocycles. The summed E-state index contributed by atoms with van der Waals surface area (Å²) in [5, 5.41) is 7.44. The van der Waals surface area contributed by atoms with Crippen molar-refractivity contribution in [3.63, 3.8) is 0 Å². The second-order valence-corrected chi connectivity index (χ2v) is 7.01. The Balaban J connectivity index is 1.76. The molecular formula is C18H34N6O. The van der Waals surface area contributed by atoms with Crippen molar-refractivity contribution >= 4 is 5.96 Å². The molecule has 0 aliphatic carbocycles. The lowest BCUT2D eigenvalue weighted by molar-refractivity contribution is 0.255. The maximum absolute atomic E-state index is 5.29. The van der Waals surface area contributed by atoms with Crippen molar-refractivity contribution in [1.29, 1.82) is 0 Å². The van der Waals surface area contributed by atoms with Gasteiger partial charge in [0, 0.05) is 45.6 Å². The van der Waals surface area contributed by atoms with Crippen molar-refractivity contribution in [3.8, 4) is 0 Å². The van der Waals surface area contributed by atoms with E-state index in [1.807, 2.05) is 7.05 Å². The van der Waals surface area contributed by atoms with Crippen molar-refractivity contribution in [2.45, 2.75) is 46.5 Å². The molecule has 0 bridgehead atoms. The van der Waals surface area contributed by atoms with Gasteiger partial charge >= 0.3 is 0 Å². The summed E-state index contributed by atoms with van der Waals surface area (Å²) in [5.41, 5.74) is 0. The van der Waals surface area contributed by atoms with E-state index < -0.39 is 0 Å². The summed E-state index contributed by atoms with van der Waals surface area (Å²) < 4.78 is 5.29. The van der Waals surface area contributed by atoms with Gasteiger partial charge in [0.1, 0.15) is 0 Å². The lowest BCUT2D eigenvalue weighted by Crippen LogP contribution is -2.41. The van der Waals surface area contributed by atoms with Crippen LogP contribution in [0.25, 0.3) is 0 Å². The molecule has 1 unspecified atom stereocenters. The van der Waals surface area contributed by atoms with Crippen LogP contribution in [0.3, 0.4) is 0 Å². The van der Waals surface area contributed by atoms with E-state index in [1.165, 1.54) is 13.0 Å². The Kier molecular flexibility index (Phi) is 7.68. The van der Waals surface area contributed by atoms with Crippen LogP contribution in [-0.2, 0) is 6.42 Å². The van der Waals surface area contributed by atoms with E-state index in [-0.39, 0.29) is 0 Å². The summed E-state index contributed by atoms with van der Waals surface area (Å²) in [4.78, 5) is 13.7. The Morgan fingerprint density at radius 3 is 2.76 bits per heavy atom. The van der Waals surface area contributed by atoms with Gasteiger partial charge in [-0.25, -0.2) is 0 Å². The van der Waals surface area contributed by atoms with Crippen LogP contribution in [-0.4, -0.2) is 72.2 Å². The zero-order valence-electron chi connectivity index (χ0n) is 16.5. The van der Waals surface area contributed by atoms with Crippen molar-refractivity contribution in [2.24, 2.45) is 10.9 Å². The van der Waals surface area contributed by atoms with Crippen LogP contribution in [0.5, 0.6) is 0 Å². The third-order valence-electron chi connectivity index (χ3n) is 4.83. The summed E-state index contributed by atoms with van der Waals surface area (Å²) in [6, 6.07) is 0. The highest BCUT2D eigenvalue weighted by Gasteiger charge is 2.25. The zero-order chi connectivity index (χ0) is 18.2. The first-order valence-corrected chi connectivity index (χ1v) is 9.57. The maximum Gasteiger partial charge on any atom is 0.228 e. The van der Waals surface area contributed by atoms with Crippen LogP contribution in [0.2, 0.25) is 0 Å². The minimum atomic E-state index is 0.297. The molecular weight excluding hydrogens is 316 g/mol. The Bertz CT molecular complexity index is 537. The number of nitrogens with zero attached hydrogens (tertiary/aromatic N) is 5. The quantitative estimate of drug-likeness (QED) is 0.571. The molecule has 0 saturated carbocycles. The summed E-state index contributed by atoms with van der Waals surface area (Å²) in [7, 11) is 1.85. The van der Waals surface area contributed by atoms with Gasteiger partial charge in [-0.1, -0.05) is 32.9 Å². The number of likely N-dealkylation sites (tertiary alicyclic amines) is 1. The first-order valence-electron chi connectivity index (χ1n) is 9.57. The second-order valence-electron chi connectivity index (χ2n) is 7.01. The highest BCUT2D eigenvalue weighted by atomic mass is 16.5. The fourth-order valence-corrected chi connectivity index (χ4v) is 3.24. The summed E-state index contributed by atoms with van der Waals surface area (Å²) in [6.07, 6.45) is 1.95. The normalized spacial score (nSPS) is 18.6. The molecule has 0 amide bonds. The van der Waals surface area contributed by atoms with Gasteiger partial charge in [0.25, 0.3) is 0 Å². The van der Waals surface area contributed by atoms with Crippen LogP contribution < -0.4 is 5.32 Å². The number of hydrogen-bond acceptors (Lipinski definition) is 5. The maximum atomic E-state index is 5.29. The van der Waals surface area contributed by atoms with Gasteiger partial charge in [0.15, 0.2) is 11.8 Å². The number of guanidine groups is 1. The Morgan fingerprint density at radius 2 is 2.16 bits per heavy atom. The summed E-state index contributed by atoms with van der Waals surface area (Å²) >= 11 is 0. The van der Waals surface area contributed by atoms with Gasteiger partial charge < -0.3 is 19.6 Å². The molecule has 25 heavy (non-hydrogen) atoms. The highest BCUT2D eigenvalue weighted by Crippen LogP contribution is 2.17. The lowest BCUT2D eigenvalue weighted by Gasteiger charge is -2.24. The molecule has 1 aromatic rings. The average Bonchev–Trinajstić information content (AvgIpc) is 3.26. The fraction of sp³-hybridized carbons (Fsp3) is 0.833. The van der Waals surface area contributed by atoms with E-state index in [2.05, 4.69) is 57.9 Å². The Labute approximate surface area is 151 Å². The molecule has 1 aliphatic heterocycles. The molecule has 1 aromatic heterocycles. The van der Waals surface area contributed by atoms with Gasteiger partial charge in [-0.05, 0) is 25.4 Å². The predicted molar refractivity (Wildman–Crippen MR) is 101 cm³/mol. The predicted octanol–water partition coefficient (Wildman–Crippen LogP) is 1.97. The second kappa shape index (κ2) is 9.75. The molecule has 0 spiro atoms. The number of nitrogens with one attached hydrogen (secondary N) is 1. The monoisotopic (exact) mass is 350 g/mol. The van der Waals surface area contributed by atoms with Gasteiger partial charge in [0.05, 0.1) is 0 Å². The number of aliphatic imine (C=N–C) groups is 1. The molecule has 1 N–H and O–H groups in total. The zero-order valence-corrected chi connectivity index (χ0v) is 16.5. The van der Waals surface area contributed by atoms with Crippen LogP contribution in [0.4, 0.5) is 0 Å². The molecule has 7 nitrogen and oxygen atoms in total. The summed E-state index contributed by atoms with van der Waals surface area (Å²) in [6.45, 7) is 14.9. The molecule has 2 rings (SSSR count). The minimum Gasteiger partial charge on any atom is -0.356 e. The van der Waals surface area contributed by atoms with E-state index in [1.54, 1.807) is 0 Å². The van der Waals surface area contributed by atoms with Crippen molar-refractivity contribution < 1.29 is 4.52 Å². The van der Waals surface area contributed by atoms with Gasteiger partial charge in [-0.2, -0.15) is 4.98 Å². The van der Waals surface area contributed by atoms with E-state index in [0.29, 0.717) is 11.8 Å². The highest BCUT2D eigenvalue weighted by molar-refractivity contribution is 5.80. The molecule has 1 saturated heterocycles. The van der Waals surface area contributed by atoms with Crippen LogP contribution in [0.15, 0.2) is 9.52 Å². The molecule has 1 fully saturated rings. The third-order valence-corrected chi connectivity index (χ3v) is 4.83. The number of aromatic nitrogens is 2. The standard InChI is InChI=1S/C18H34N6O/c1-6-23(7-2)12-15-9-11-24(13-15)18(19-5)20-10-8-16-21-17(14(3)4)22-25-16/h14-15H,6-13H2,1-5H3,(H,19,20). The molecule has 1 atom stereocenters. The largest absolute Gasteiger partial charge is 0.356 e. The van der Waals surface area contributed by atoms with Gasteiger partial charge in [0.2, 0.25) is 5.89 Å². The van der Waals surface area contributed by atoms with E-state index in [9.17, 15) is 0 Å². The van der Waals surface area contributed by atoms with Crippen molar-refractivity contribution in [1.82, 2.24) is 25.3 Å². The minimum absolute atomic E-state index is 0.297. The smallest absolute Gasteiger partial charge is 0.228 e. The van der Waals surface area contributed by atoms with Gasteiger partial charge in [-0.15, -0.1) is 0 Å². The van der Waals surface area contributed by atoms with E-state index in [4.69, 9.17) is 4.52 Å². The topological polar surface area (TPSA) is 69.8 Å². The number of rotatable bonds is 8.